The molecule has 0 aliphatic carbocycles. The third kappa shape index (κ3) is 5.10. The number of nitrogens with zero attached hydrogens (tertiary/aromatic N) is 1. The molecular formula is C18H17Cl3N2O3. The van der Waals surface area contributed by atoms with Gasteiger partial charge in [-0.05, 0) is 18.9 Å². The molecule has 1 aromatic heterocycles. The van der Waals surface area contributed by atoms with Crippen molar-refractivity contribution in [2.75, 3.05) is 6.61 Å². The van der Waals surface area contributed by atoms with E-state index in [9.17, 15) is 9.59 Å². The van der Waals surface area contributed by atoms with Gasteiger partial charge in [0.2, 0.25) is 0 Å². The normalized spacial score (nSPS) is 11.7. The molecular weight excluding hydrogens is 399 g/mol. The van der Waals surface area contributed by atoms with Crippen molar-refractivity contribution in [3.63, 3.8) is 0 Å². The Bertz CT molecular complexity index is 810. The lowest BCUT2D eigenvalue weighted by Crippen LogP contribution is -2.32. The van der Waals surface area contributed by atoms with Crippen molar-refractivity contribution in [3.05, 3.63) is 62.4 Å². The zero-order valence-electron chi connectivity index (χ0n) is 14.2. The van der Waals surface area contributed by atoms with Gasteiger partial charge in [-0.25, -0.2) is 9.78 Å². The SMILES string of the molecule is CC[C@@H](NC(=O)COC(=O)c1ncc(Cl)c(Cl)c1Cl)c1ccc(C)cc1. The standard InChI is InChI=1S/C18H17Cl3N2O3/c1-3-13(11-6-4-10(2)5-7-11)23-14(24)9-26-18(25)17-16(21)15(20)12(19)8-22-17/h4-8,13H,3,9H2,1-2H3,(H,23,24)/t13-/m1/s1. The molecule has 0 radical (unpaired) electrons. The van der Waals surface area contributed by atoms with E-state index < -0.39 is 18.5 Å². The zero-order valence-corrected chi connectivity index (χ0v) is 16.5. The molecule has 1 atom stereocenters. The van der Waals surface area contributed by atoms with Crippen LogP contribution < -0.4 is 5.32 Å². The van der Waals surface area contributed by atoms with Crippen LogP contribution in [0.15, 0.2) is 30.5 Å². The average Bonchev–Trinajstić information content (AvgIpc) is 2.63. The topological polar surface area (TPSA) is 68.3 Å². The largest absolute Gasteiger partial charge is 0.451 e. The molecule has 0 fully saturated rings. The van der Waals surface area contributed by atoms with Crippen LogP contribution in [0.4, 0.5) is 0 Å². The number of amides is 1. The maximum absolute atomic E-state index is 12.1. The predicted octanol–water partition coefficient (Wildman–Crippen LogP) is 4.77. The maximum atomic E-state index is 12.1. The van der Waals surface area contributed by atoms with Crippen LogP contribution in [0.25, 0.3) is 0 Å². The summed E-state index contributed by atoms with van der Waals surface area (Å²) < 4.78 is 4.97. The fraction of sp³-hybridized carbons (Fsp3) is 0.278. The molecule has 0 unspecified atom stereocenters. The Kier molecular flexibility index (Phi) is 7.26. The number of rotatable bonds is 6. The van der Waals surface area contributed by atoms with E-state index in [0.29, 0.717) is 6.42 Å². The Morgan fingerprint density at radius 1 is 1.15 bits per heavy atom. The van der Waals surface area contributed by atoms with E-state index in [1.54, 1.807) is 0 Å². The first-order valence-electron chi connectivity index (χ1n) is 7.86. The summed E-state index contributed by atoms with van der Waals surface area (Å²) in [7, 11) is 0. The van der Waals surface area contributed by atoms with E-state index in [2.05, 4.69) is 10.3 Å². The van der Waals surface area contributed by atoms with E-state index in [1.807, 2.05) is 38.1 Å². The van der Waals surface area contributed by atoms with Gasteiger partial charge in [0.15, 0.2) is 12.3 Å². The lowest BCUT2D eigenvalue weighted by molar-refractivity contribution is -0.125. The molecule has 1 N–H and O–H groups in total. The quantitative estimate of drug-likeness (QED) is 0.690. The second-order valence-corrected chi connectivity index (χ2v) is 6.76. The first-order chi connectivity index (χ1) is 12.3. The average molecular weight is 416 g/mol. The van der Waals surface area contributed by atoms with Crippen LogP contribution in [0.1, 0.15) is 41.0 Å². The highest BCUT2D eigenvalue weighted by Crippen LogP contribution is 2.31. The van der Waals surface area contributed by atoms with Crippen molar-refractivity contribution in [3.8, 4) is 0 Å². The van der Waals surface area contributed by atoms with Crippen molar-refractivity contribution >= 4 is 46.7 Å². The number of halogens is 3. The molecule has 1 aromatic carbocycles. The zero-order chi connectivity index (χ0) is 19.3. The summed E-state index contributed by atoms with van der Waals surface area (Å²) in [6.45, 7) is 3.49. The summed E-state index contributed by atoms with van der Waals surface area (Å²) in [4.78, 5) is 27.9. The van der Waals surface area contributed by atoms with Crippen LogP contribution in [0, 0.1) is 6.92 Å². The van der Waals surface area contributed by atoms with Gasteiger partial charge in [-0.2, -0.15) is 0 Å². The smallest absolute Gasteiger partial charge is 0.359 e. The van der Waals surface area contributed by atoms with E-state index in [0.717, 1.165) is 11.1 Å². The minimum atomic E-state index is -0.855. The van der Waals surface area contributed by atoms with Gasteiger partial charge >= 0.3 is 5.97 Å². The van der Waals surface area contributed by atoms with Crippen molar-refractivity contribution < 1.29 is 14.3 Å². The van der Waals surface area contributed by atoms with Crippen LogP contribution in [0.5, 0.6) is 0 Å². The molecule has 2 aromatic rings. The second-order valence-electron chi connectivity index (χ2n) is 5.60. The summed E-state index contributed by atoms with van der Waals surface area (Å²) in [5.74, 6) is -1.28. The molecule has 2 rings (SSSR count). The number of benzene rings is 1. The highest BCUT2D eigenvalue weighted by molar-refractivity contribution is 6.48. The van der Waals surface area contributed by atoms with Crippen LogP contribution in [0.2, 0.25) is 15.1 Å². The molecule has 5 nitrogen and oxygen atoms in total. The number of ether oxygens (including phenoxy) is 1. The van der Waals surface area contributed by atoms with Crippen molar-refractivity contribution in [2.45, 2.75) is 26.3 Å². The molecule has 26 heavy (non-hydrogen) atoms. The minimum absolute atomic E-state index is 0.00477. The van der Waals surface area contributed by atoms with Gasteiger partial charge in [0.05, 0.1) is 21.1 Å². The minimum Gasteiger partial charge on any atom is -0.451 e. The Hall–Kier alpha value is -1.82. The lowest BCUT2D eigenvalue weighted by Gasteiger charge is -2.17. The number of aryl methyl sites for hydroxylation is 1. The van der Waals surface area contributed by atoms with Crippen molar-refractivity contribution in [1.29, 1.82) is 0 Å². The highest BCUT2D eigenvalue weighted by Gasteiger charge is 2.20. The van der Waals surface area contributed by atoms with Gasteiger partial charge in [-0.15, -0.1) is 0 Å². The maximum Gasteiger partial charge on any atom is 0.359 e. The first-order valence-corrected chi connectivity index (χ1v) is 8.99. The van der Waals surface area contributed by atoms with E-state index in [4.69, 9.17) is 39.5 Å². The number of hydrogen-bond acceptors (Lipinski definition) is 4. The Morgan fingerprint density at radius 3 is 2.42 bits per heavy atom. The van der Waals surface area contributed by atoms with Crippen molar-refractivity contribution in [2.24, 2.45) is 0 Å². The van der Waals surface area contributed by atoms with Gasteiger partial charge in [-0.1, -0.05) is 71.6 Å². The Balaban J connectivity index is 1.96. The fourth-order valence-corrected chi connectivity index (χ4v) is 2.80. The summed E-state index contributed by atoms with van der Waals surface area (Å²) >= 11 is 17.6. The molecule has 0 bridgehead atoms. The van der Waals surface area contributed by atoms with Crippen molar-refractivity contribution in [1.82, 2.24) is 10.3 Å². The molecule has 138 valence electrons. The number of pyridine rings is 1. The van der Waals surface area contributed by atoms with E-state index in [-0.39, 0.29) is 26.8 Å². The number of hydrogen-bond donors (Lipinski definition) is 1. The molecule has 1 heterocycles. The summed E-state index contributed by atoms with van der Waals surface area (Å²) in [5.41, 5.74) is 1.92. The van der Waals surface area contributed by atoms with Crippen LogP contribution in [-0.4, -0.2) is 23.5 Å². The third-order valence-electron chi connectivity index (χ3n) is 3.67. The number of nitrogens with one attached hydrogen (secondary N) is 1. The molecule has 0 saturated heterocycles. The summed E-state index contributed by atoms with van der Waals surface area (Å²) in [6, 6.07) is 7.68. The second kappa shape index (κ2) is 9.21. The Labute approximate surface area is 166 Å². The molecule has 0 aliphatic heterocycles. The Morgan fingerprint density at radius 2 is 1.81 bits per heavy atom. The highest BCUT2D eigenvalue weighted by atomic mass is 35.5. The number of carbonyl (C=O) groups excluding carboxylic acids is 2. The molecule has 1 amide bonds. The van der Waals surface area contributed by atoms with Crippen LogP contribution in [0.3, 0.4) is 0 Å². The van der Waals surface area contributed by atoms with Gasteiger partial charge in [0.25, 0.3) is 5.91 Å². The molecule has 0 saturated carbocycles. The number of esters is 1. The monoisotopic (exact) mass is 414 g/mol. The first kappa shape index (κ1) is 20.5. The van der Waals surface area contributed by atoms with Gasteiger partial charge in [-0.3, -0.25) is 4.79 Å². The number of carbonyl (C=O) groups is 2. The van der Waals surface area contributed by atoms with E-state index in [1.165, 1.54) is 6.20 Å². The van der Waals surface area contributed by atoms with E-state index >= 15 is 0 Å². The van der Waals surface area contributed by atoms with Gasteiger partial charge in [0.1, 0.15) is 0 Å². The van der Waals surface area contributed by atoms with Gasteiger partial charge in [0, 0.05) is 6.20 Å². The fourth-order valence-electron chi connectivity index (χ4n) is 2.24. The third-order valence-corrected chi connectivity index (χ3v) is 4.91. The summed E-state index contributed by atoms with van der Waals surface area (Å²) in [5, 5.41) is 2.84. The summed E-state index contributed by atoms with van der Waals surface area (Å²) in [6.07, 6.45) is 1.89. The van der Waals surface area contributed by atoms with Crippen LogP contribution in [-0.2, 0) is 9.53 Å². The molecule has 0 aliphatic rings. The van der Waals surface area contributed by atoms with Crippen LogP contribution >= 0.6 is 34.8 Å². The van der Waals surface area contributed by atoms with Gasteiger partial charge < -0.3 is 10.1 Å². The molecule has 0 spiro atoms. The predicted molar refractivity (Wildman–Crippen MR) is 102 cm³/mol. The molecule has 8 heteroatoms. The number of aromatic nitrogens is 1. The lowest BCUT2D eigenvalue weighted by atomic mass is 10.0.